The van der Waals surface area contributed by atoms with Crippen molar-refractivity contribution in [2.75, 3.05) is 12.1 Å². The topological polar surface area (TPSA) is 42.6 Å². The fraction of sp³-hybridized carbons (Fsp3) is 0.125. The number of nitrogens with zero attached hydrogens (tertiary/aromatic N) is 4. The zero-order chi connectivity index (χ0) is 25.2. The first kappa shape index (κ1) is 22.8. The smallest absolute Gasteiger partial charge is 0.118 e. The lowest BCUT2D eigenvalue weighted by Crippen LogP contribution is -2.19. The average Bonchev–Trinajstić information content (AvgIpc) is 3.56. The molecule has 0 saturated carbocycles. The van der Waals surface area contributed by atoms with Gasteiger partial charge in [-0.2, -0.15) is 10.2 Å². The first-order valence-corrected chi connectivity index (χ1v) is 12.5. The van der Waals surface area contributed by atoms with Crippen LogP contribution in [-0.4, -0.2) is 22.6 Å². The molecule has 1 aliphatic heterocycles. The zero-order valence-corrected chi connectivity index (χ0v) is 21.0. The van der Waals surface area contributed by atoms with Crippen molar-refractivity contribution < 1.29 is 4.74 Å². The van der Waals surface area contributed by atoms with Crippen molar-refractivity contribution in [1.29, 1.82) is 0 Å². The molecule has 37 heavy (non-hydrogen) atoms. The number of aryl methyl sites for hydroxylation is 1. The molecule has 0 N–H and O–H groups in total. The van der Waals surface area contributed by atoms with E-state index in [1.54, 1.807) is 7.11 Å². The minimum Gasteiger partial charge on any atom is -0.497 e. The summed E-state index contributed by atoms with van der Waals surface area (Å²) in [5.41, 5.74) is 8.65. The van der Waals surface area contributed by atoms with E-state index < -0.39 is 0 Å². The second kappa shape index (κ2) is 9.78. The predicted octanol–water partition coefficient (Wildman–Crippen LogP) is 7.21. The number of hydrogen-bond donors (Lipinski definition) is 0. The number of methoxy groups -OCH3 is 1. The highest BCUT2D eigenvalue weighted by molar-refractivity contribution is 6.03. The van der Waals surface area contributed by atoms with Crippen LogP contribution in [0.3, 0.4) is 0 Å². The first-order valence-electron chi connectivity index (χ1n) is 12.5. The van der Waals surface area contributed by atoms with Gasteiger partial charge in [-0.25, -0.2) is 4.68 Å². The number of anilines is 1. The Morgan fingerprint density at radius 3 is 1.92 bits per heavy atom. The molecule has 1 atom stereocenters. The van der Waals surface area contributed by atoms with Gasteiger partial charge in [0.2, 0.25) is 0 Å². The van der Waals surface area contributed by atoms with Crippen molar-refractivity contribution in [3.05, 3.63) is 132 Å². The predicted molar refractivity (Wildman–Crippen MR) is 150 cm³/mol. The summed E-state index contributed by atoms with van der Waals surface area (Å²) in [4.78, 5) is 0. The number of rotatable bonds is 6. The Kier molecular flexibility index (Phi) is 6.03. The van der Waals surface area contributed by atoms with Crippen LogP contribution >= 0.6 is 0 Å². The Labute approximate surface area is 217 Å². The largest absolute Gasteiger partial charge is 0.497 e. The van der Waals surface area contributed by atoms with Gasteiger partial charge in [0.1, 0.15) is 5.75 Å². The minimum absolute atomic E-state index is 0.00725. The van der Waals surface area contributed by atoms with E-state index in [1.807, 2.05) is 24.3 Å². The van der Waals surface area contributed by atoms with Crippen LogP contribution in [0.25, 0.3) is 16.9 Å². The van der Waals surface area contributed by atoms with Gasteiger partial charge in [-0.1, -0.05) is 66.7 Å². The molecule has 0 bridgehead atoms. The summed E-state index contributed by atoms with van der Waals surface area (Å²) in [6.07, 6.45) is 0.766. The summed E-state index contributed by atoms with van der Waals surface area (Å²) in [7, 11) is 1.69. The van der Waals surface area contributed by atoms with Crippen molar-refractivity contribution in [3.8, 4) is 22.7 Å². The Bertz CT molecular complexity index is 1530. The van der Waals surface area contributed by atoms with E-state index in [0.29, 0.717) is 0 Å². The van der Waals surface area contributed by atoms with Crippen LogP contribution in [0.5, 0.6) is 5.75 Å². The van der Waals surface area contributed by atoms with Crippen molar-refractivity contribution >= 4 is 11.4 Å². The Morgan fingerprint density at radius 1 is 0.703 bits per heavy atom. The molecule has 0 spiro atoms. The highest BCUT2D eigenvalue weighted by Crippen LogP contribution is 2.43. The quantitative estimate of drug-likeness (QED) is 0.256. The van der Waals surface area contributed by atoms with Gasteiger partial charge in [0.05, 0.1) is 41.6 Å². The molecule has 5 nitrogen and oxygen atoms in total. The first-order chi connectivity index (χ1) is 18.2. The zero-order valence-electron chi connectivity index (χ0n) is 21.0. The van der Waals surface area contributed by atoms with Crippen molar-refractivity contribution in [2.45, 2.75) is 19.4 Å². The molecule has 1 aliphatic rings. The van der Waals surface area contributed by atoms with Gasteiger partial charge >= 0.3 is 0 Å². The van der Waals surface area contributed by atoms with E-state index in [9.17, 15) is 0 Å². The van der Waals surface area contributed by atoms with Crippen LogP contribution in [0.15, 0.2) is 120 Å². The van der Waals surface area contributed by atoms with Crippen LogP contribution in [0.4, 0.5) is 5.69 Å². The molecule has 1 unspecified atom stereocenters. The minimum atomic E-state index is -0.00725. The Hall–Kier alpha value is -4.64. The third kappa shape index (κ3) is 4.29. The highest BCUT2D eigenvalue weighted by Gasteiger charge is 2.35. The van der Waals surface area contributed by atoms with E-state index in [-0.39, 0.29) is 6.04 Å². The molecule has 182 valence electrons. The molecule has 0 aliphatic carbocycles. The summed E-state index contributed by atoms with van der Waals surface area (Å²) in [5, 5.41) is 12.4. The average molecular weight is 485 g/mol. The molecule has 2 heterocycles. The fourth-order valence-corrected chi connectivity index (χ4v) is 5.08. The number of benzene rings is 4. The number of hydrazone groups is 1. The highest BCUT2D eigenvalue weighted by atomic mass is 16.5. The van der Waals surface area contributed by atoms with Crippen LogP contribution in [0.2, 0.25) is 0 Å². The van der Waals surface area contributed by atoms with Gasteiger partial charge < -0.3 is 4.74 Å². The van der Waals surface area contributed by atoms with Gasteiger partial charge in [0, 0.05) is 17.5 Å². The molecule has 5 aromatic rings. The molecule has 0 saturated heterocycles. The lowest BCUT2D eigenvalue weighted by Gasteiger charge is -2.25. The number of ether oxygens (including phenoxy) is 1. The summed E-state index contributed by atoms with van der Waals surface area (Å²) >= 11 is 0. The van der Waals surface area contributed by atoms with Crippen LogP contribution in [-0.2, 0) is 0 Å². The van der Waals surface area contributed by atoms with E-state index in [0.717, 1.165) is 51.8 Å². The molecular weight excluding hydrogens is 456 g/mol. The van der Waals surface area contributed by atoms with Gasteiger partial charge in [-0.3, -0.25) is 5.01 Å². The molecule has 0 radical (unpaired) electrons. The maximum absolute atomic E-state index is 5.38. The van der Waals surface area contributed by atoms with Gasteiger partial charge in [0.15, 0.2) is 0 Å². The second-order valence-corrected chi connectivity index (χ2v) is 9.14. The molecule has 4 aromatic carbocycles. The lowest BCUT2D eigenvalue weighted by molar-refractivity contribution is 0.415. The monoisotopic (exact) mass is 484 g/mol. The molecule has 5 heteroatoms. The SMILES string of the molecule is COc1ccc(C2=NN(c3ccccc3)C(c3c(C)nn(-c4ccccc4)c3-c3ccccc3)C2)cc1. The van der Waals surface area contributed by atoms with Crippen LogP contribution in [0.1, 0.15) is 29.3 Å². The Morgan fingerprint density at radius 2 is 1.30 bits per heavy atom. The summed E-state index contributed by atoms with van der Waals surface area (Å²) in [6.45, 7) is 2.11. The standard InChI is InChI=1S/C32H28N4O/c1-23-31(32(25-12-6-3-7-13-25)36(33-23)27-16-10-5-11-17-27)30-22-29(24-18-20-28(37-2)21-19-24)34-35(30)26-14-8-4-9-15-26/h3-21,30H,22H2,1-2H3. The summed E-state index contributed by atoms with van der Waals surface area (Å²) < 4.78 is 7.45. The van der Waals surface area contributed by atoms with Gasteiger partial charge in [-0.15, -0.1) is 0 Å². The van der Waals surface area contributed by atoms with Crippen LogP contribution in [0, 0.1) is 6.92 Å². The maximum atomic E-state index is 5.38. The second-order valence-electron chi connectivity index (χ2n) is 9.14. The normalized spacial score (nSPS) is 15.0. The molecule has 6 rings (SSSR count). The summed E-state index contributed by atoms with van der Waals surface area (Å²) in [6, 6.07) is 39.4. The number of aromatic nitrogens is 2. The van der Waals surface area contributed by atoms with Gasteiger partial charge in [-0.05, 0) is 61.0 Å². The number of hydrogen-bond acceptors (Lipinski definition) is 4. The van der Waals surface area contributed by atoms with Gasteiger partial charge in [0.25, 0.3) is 0 Å². The van der Waals surface area contributed by atoms with E-state index in [1.165, 1.54) is 5.56 Å². The van der Waals surface area contributed by atoms with E-state index >= 15 is 0 Å². The maximum Gasteiger partial charge on any atom is 0.118 e. The molecule has 0 amide bonds. The van der Waals surface area contributed by atoms with E-state index in [2.05, 4.69) is 108 Å². The third-order valence-corrected chi connectivity index (χ3v) is 6.84. The lowest BCUT2D eigenvalue weighted by atomic mass is 9.94. The number of para-hydroxylation sites is 2. The third-order valence-electron chi connectivity index (χ3n) is 6.84. The Balaban J connectivity index is 1.52. The molecular formula is C32H28N4O. The van der Waals surface area contributed by atoms with Crippen molar-refractivity contribution in [2.24, 2.45) is 5.10 Å². The molecule has 0 fully saturated rings. The summed E-state index contributed by atoms with van der Waals surface area (Å²) in [5.74, 6) is 0.838. The fourth-order valence-electron chi connectivity index (χ4n) is 5.08. The van der Waals surface area contributed by atoms with E-state index in [4.69, 9.17) is 14.9 Å². The van der Waals surface area contributed by atoms with Crippen LogP contribution < -0.4 is 9.75 Å². The molecule has 1 aromatic heterocycles. The van der Waals surface area contributed by atoms with Crippen molar-refractivity contribution in [1.82, 2.24) is 9.78 Å². The van der Waals surface area contributed by atoms with Crippen molar-refractivity contribution in [3.63, 3.8) is 0 Å².